The van der Waals surface area contributed by atoms with Gasteiger partial charge in [0.25, 0.3) is 0 Å². The number of hydrogen-bond acceptors (Lipinski definition) is 4. The van der Waals surface area contributed by atoms with Crippen LogP contribution in [0.25, 0.3) is 6.08 Å². The first kappa shape index (κ1) is 16.5. The molecule has 0 radical (unpaired) electrons. The second-order valence-corrected chi connectivity index (χ2v) is 5.13. The van der Waals surface area contributed by atoms with Crippen molar-refractivity contribution in [2.45, 2.75) is 6.42 Å². The molecule has 2 aromatic rings. The molecule has 0 saturated heterocycles. The molecule has 4 nitrogen and oxygen atoms in total. The third-order valence-corrected chi connectivity index (χ3v) is 3.38. The highest BCUT2D eigenvalue weighted by molar-refractivity contribution is 5.57. The average molecular weight is 311 g/mol. The average Bonchev–Trinajstić information content (AvgIpc) is 2.56. The first-order chi connectivity index (χ1) is 11.1. The van der Waals surface area contributed by atoms with Crippen LogP contribution in [0.15, 0.2) is 60.8 Å². The predicted octanol–water partition coefficient (Wildman–Crippen LogP) is 3.47. The smallest absolute Gasteiger partial charge is 0.161 e. The number of phenols is 2. The fraction of sp³-hybridized carbons (Fsp3) is 0.158. The van der Waals surface area contributed by atoms with Crippen molar-refractivity contribution >= 4 is 6.08 Å². The van der Waals surface area contributed by atoms with Gasteiger partial charge in [0.2, 0.25) is 0 Å². The van der Waals surface area contributed by atoms with Gasteiger partial charge in [0.15, 0.2) is 11.5 Å². The van der Waals surface area contributed by atoms with E-state index in [1.165, 1.54) is 7.11 Å². The lowest BCUT2D eigenvalue weighted by molar-refractivity contribution is 0.373. The summed E-state index contributed by atoms with van der Waals surface area (Å²) in [7, 11) is 1.52. The van der Waals surface area contributed by atoms with Crippen molar-refractivity contribution in [3.8, 4) is 17.2 Å². The molecule has 0 aliphatic rings. The van der Waals surface area contributed by atoms with Crippen LogP contribution in [-0.2, 0) is 6.42 Å². The maximum atomic E-state index is 9.56. The summed E-state index contributed by atoms with van der Waals surface area (Å²) in [5.41, 5.74) is 2.87. The van der Waals surface area contributed by atoms with E-state index in [9.17, 15) is 10.2 Å². The molecular formula is C19H21NO3. The van der Waals surface area contributed by atoms with Crippen LogP contribution in [0.3, 0.4) is 0 Å². The van der Waals surface area contributed by atoms with Gasteiger partial charge in [-0.25, -0.2) is 0 Å². The SMILES string of the molecule is C=C(/C=C/c1ccc(O)c(OC)c1)NCCc1ccc(O)cc1. The number of nitrogens with one attached hydrogen (secondary N) is 1. The molecule has 0 heterocycles. The minimum absolute atomic E-state index is 0.121. The maximum Gasteiger partial charge on any atom is 0.161 e. The van der Waals surface area contributed by atoms with Crippen molar-refractivity contribution in [1.29, 1.82) is 0 Å². The number of aromatic hydroxyl groups is 2. The molecule has 0 aliphatic heterocycles. The molecule has 2 aromatic carbocycles. The van der Waals surface area contributed by atoms with Crippen molar-refractivity contribution in [2.75, 3.05) is 13.7 Å². The highest BCUT2D eigenvalue weighted by Crippen LogP contribution is 2.26. The fourth-order valence-corrected chi connectivity index (χ4v) is 2.08. The highest BCUT2D eigenvalue weighted by atomic mass is 16.5. The van der Waals surface area contributed by atoms with E-state index in [2.05, 4.69) is 11.9 Å². The highest BCUT2D eigenvalue weighted by Gasteiger charge is 2.00. The van der Waals surface area contributed by atoms with Gasteiger partial charge in [-0.15, -0.1) is 0 Å². The molecule has 0 fully saturated rings. The summed E-state index contributed by atoms with van der Waals surface area (Å²) in [6.45, 7) is 4.71. The van der Waals surface area contributed by atoms with E-state index in [0.717, 1.165) is 29.8 Å². The van der Waals surface area contributed by atoms with Gasteiger partial charge in [-0.05, 0) is 47.9 Å². The Bertz CT molecular complexity index is 690. The van der Waals surface area contributed by atoms with Crippen LogP contribution in [0.5, 0.6) is 17.2 Å². The standard InChI is InChI=1S/C19H21NO3/c1-14(20-12-11-15-5-8-17(21)9-6-15)3-4-16-7-10-18(22)19(13-16)23-2/h3-10,13,20-22H,1,11-12H2,2H3/b4-3+. The molecule has 0 bridgehead atoms. The zero-order valence-corrected chi connectivity index (χ0v) is 13.1. The molecule has 0 saturated carbocycles. The van der Waals surface area contributed by atoms with Crippen molar-refractivity contribution in [3.05, 3.63) is 71.9 Å². The van der Waals surface area contributed by atoms with Crippen LogP contribution < -0.4 is 10.1 Å². The molecular weight excluding hydrogens is 290 g/mol. The van der Waals surface area contributed by atoms with E-state index in [1.54, 1.807) is 30.3 Å². The Morgan fingerprint density at radius 3 is 2.61 bits per heavy atom. The number of phenolic OH excluding ortho intramolecular Hbond substituents is 2. The van der Waals surface area contributed by atoms with Crippen molar-refractivity contribution in [3.63, 3.8) is 0 Å². The van der Waals surface area contributed by atoms with E-state index in [1.807, 2.05) is 24.3 Å². The Labute approximate surface area is 136 Å². The van der Waals surface area contributed by atoms with Crippen molar-refractivity contribution in [1.82, 2.24) is 5.32 Å². The molecule has 3 N–H and O–H groups in total. The second-order valence-electron chi connectivity index (χ2n) is 5.13. The number of ether oxygens (including phenoxy) is 1. The lowest BCUT2D eigenvalue weighted by Gasteiger charge is -2.07. The van der Waals surface area contributed by atoms with Gasteiger partial charge in [0.1, 0.15) is 5.75 Å². The van der Waals surface area contributed by atoms with E-state index in [0.29, 0.717) is 5.75 Å². The lowest BCUT2D eigenvalue weighted by Crippen LogP contribution is -2.14. The molecule has 0 atom stereocenters. The van der Waals surface area contributed by atoms with Crippen LogP contribution in [0.4, 0.5) is 0 Å². The van der Waals surface area contributed by atoms with E-state index in [4.69, 9.17) is 4.74 Å². The lowest BCUT2D eigenvalue weighted by atomic mass is 10.1. The minimum atomic E-state index is 0.121. The number of allylic oxidation sites excluding steroid dienone is 1. The normalized spacial score (nSPS) is 10.7. The van der Waals surface area contributed by atoms with Gasteiger partial charge in [-0.1, -0.05) is 30.9 Å². The van der Waals surface area contributed by atoms with E-state index < -0.39 is 0 Å². The molecule has 4 heteroatoms. The number of benzene rings is 2. The zero-order valence-electron chi connectivity index (χ0n) is 13.1. The van der Waals surface area contributed by atoms with Gasteiger partial charge in [-0.2, -0.15) is 0 Å². The maximum absolute atomic E-state index is 9.56. The van der Waals surface area contributed by atoms with Gasteiger partial charge >= 0.3 is 0 Å². The first-order valence-electron chi connectivity index (χ1n) is 7.34. The Morgan fingerprint density at radius 1 is 1.17 bits per heavy atom. The minimum Gasteiger partial charge on any atom is -0.508 e. The fourth-order valence-electron chi connectivity index (χ4n) is 2.08. The summed E-state index contributed by atoms with van der Waals surface area (Å²) in [6, 6.07) is 12.3. The van der Waals surface area contributed by atoms with E-state index in [-0.39, 0.29) is 11.5 Å². The summed E-state index contributed by atoms with van der Waals surface area (Å²) in [6.07, 6.45) is 4.63. The Hall–Kier alpha value is -2.88. The molecule has 0 amide bonds. The first-order valence-corrected chi connectivity index (χ1v) is 7.34. The monoisotopic (exact) mass is 311 g/mol. The van der Waals surface area contributed by atoms with Gasteiger partial charge < -0.3 is 20.3 Å². The van der Waals surface area contributed by atoms with Crippen molar-refractivity contribution < 1.29 is 14.9 Å². The van der Waals surface area contributed by atoms with Crippen LogP contribution in [0.1, 0.15) is 11.1 Å². The third-order valence-electron chi connectivity index (χ3n) is 3.38. The van der Waals surface area contributed by atoms with Gasteiger partial charge in [0.05, 0.1) is 7.11 Å². The Balaban J connectivity index is 1.83. The largest absolute Gasteiger partial charge is 0.508 e. The van der Waals surface area contributed by atoms with Gasteiger partial charge in [-0.3, -0.25) is 0 Å². The van der Waals surface area contributed by atoms with Crippen LogP contribution in [0, 0.1) is 0 Å². The Kier molecular flexibility index (Phi) is 5.69. The molecule has 0 aromatic heterocycles. The number of methoxy groups -OCH3 is 1. The second kappa shape index (κ2) is 7.94. The topological polar surface area (TPSA) is 61.7 Å². The quantitative estimate of drug-likeness (QED) is 0.685. The predicted molar refractivity (Wildman–Crippen MR) is 92.6 cm³/mol. The van der Waals surface area contributed by atoms with Crippen LogP contribution in [-0.4, -0.2) is 23.9 Å². The number of hydrogen-bond donors (Lipinski definition) is 3. The summed E-state index contributed by atoms with van der Waals surface area (Å²) in [5.74, 6) is 0.840. The van der Waals surface area contributed by atoms with E-state index >= 15 is 0 Å². The molecule has 0 spiro atoms. The molecule has 0 unspecified atom stereocenters. The van der Waals surface area contributed by atoms with Gasteiger partial charge in [0, 0.05) is 12.2 Å². The molecule has 120 valence electrons. The van der Waals surface area contributed by atoms with Crippen molar-refractivity contribution in [2.24, 2.45) is 0 Å². The van der Waals surface area contributed by atoms with Crippen LogP contribution >= 0.6 is 0 Å². The summed E-state index contributed by atoms with van der Waals surface area (Å²) in [4.78, 5) is 0. The number of rotatable bonds is 7. The van der Waals surface area contributed by atoms with Crippen LogP contribution in [0.2, 0.25) is 0 Å². The third kappa shape index (κ3) is 5.11. The summed E-state index contributed by atoms with van der Waals surface area (Å²) >= 11 is 0. The summed E-state index contributed by atoms with van der Waals surface area (Å²) < 4.78 is 5.07. The summed E-state index contributed by atoms with van der Waals surface area (Å²) in [5, 5.41) is 22.0. The Morgan fingerprint density at radius 2 is 1.91 bits per heavy atom. The zero-order chi connectivity index (χ0) is 16.7. The molecule has 2 rings (SSSR count). The molecule has 0 aliphatic carbocycles. The molecule has 23 heavy (non-hydrogen) atoms.